The molecule has 2 aliphatic heterocycles. The molecule has 2 aliphatic rings. The monoisotopic (exact) mass is 1300 g/mol. The summed E-state index contributed by atoms with van der Waals surface area (Å²) in [5.74, 6) is -11.5. The van der Waals surface area contributed by atoms with Crippen LogP contribution in [0.1, 0.15) is 116 Å². The molecule has 0 bridgehead atoms. The van der Waals surface area contributed by atoms with Crippen molar-refractivity contribution in [3.8, 4) is 0 Å². The van der Waals surface area contributed by atoms with Crippen LogP contribution in [0.4, 0.5) is 0 Å². The molecule has 0 radical (unpaired) electrons. The van der Waals surface area contributed by atoms with Crippen LogP contribution in [0.2, 0.25) is 0 Å². The van der Waals surface area contributed by atoms with E-state index >= 15 is 4.79 Å². The SMILES string of the molecule is CC(C)C[C@H]1NC(=O)[C@H](CCCN)NC(=O)[C@H](C(C)C)NC(=O)[C@@H](Cc2c[nH]c3ccccc23)NC(=O)[C@@H](CCC(N)=O)NC(=O)[C@H](CC(N)=O)NC(=O)[C@@H](Cc2c[nH]c3ccccc23)NC(=O)[C@@H](CC(C)C)NC(=O)[C@H]2CCCN2C(=O)[C@H](Cc2ccccc2)NC1=O. The zero-order chi connectivity index (χ0) is 68.3. The Labute approximate surface area is 545 Å². The number of para-hydroxylation sites is 2. The molecular weight excluding hydrogens is 1210 g/mol. The van der Waals surface area contributed by atoms with Crippen LogP contribution in [0, 0.1) is 17.8 Å². The number of carbonyl (C=O) groups is 12. The normalized spacial score (nSPS) is 24.0. The minimum absolute atomic E-state index is 0.0106. The minimum atomic E-state index is -1.84. The van der Waals surface area contributed by atoms with Crippen molar-refractivity contribution >= 4 is 92.7 Å². The predicted octanol–water partition coefficient (Wildman–Crippen LogP) is 0.673. The van der Waals surface area contributed by atoms with E-state index in [9.17, 15) is 52.7 Å². The Morgan fingerprint density at radius 3 is 1.44 bits per heavy atom. The molecule has 27 nitrogen and oxygen atoms in total. The van der Waals surface area contributed by atoms with Gasteiger partial charge in [-0.05, 0) is 98.1 Å². The molecule has 94 heavy (non-hydrogen) atoms. The van der Waals surface area contributed by atoms with Crippen molar-refractivity contribution in [2.75, 3.05) is 13.1 Å². The molecule has 2 saturated heterocycles. The maximum absolute atomic E-state index is 15.1. The second-order valence-electron chi connectivity index (χ2n) is 25.6. The van der Waals surface area contributed by atoms with E-state index in [0.29, 0.717) is 44.9 Å². The van der Waals surface area contributed by atoms with Crippen molar-refractivity contribution in [1.29, 1.82) is 0 Å². The number of benzene rings is 3. The van der Waals surface area contributed by atoms with Gasteiger partial charge in [0.25, 0.3) is 0 Å². The molecule has 0 spiro atoms. The van der Waals surface area contributed by atoms with Crippen molar-refractivity contribution in [2.24, 2.45) is 35.0 Å². The summed E-state index contributed by atoms with van der Waals surface area (Å²) in [6.07, 6.45) is 1.90. The summed E-state index contributed by atoms with van der Waals surface area (Å²) in [6.45, 7) is 10.8. The third-order valence-electron chi connectivity index (χ3n) is 16.8. The maximum atomic E-state index is 15.1. The third kappa shape index (κ3) is 19.9. The van der Waals surface area contributed by atoms with E-state index in [2.05, 4.69) is 57.8 Å². The van der Waals surface area contributed by atoms with E-state index in [1.807, 2.05) is 27.7 Å². The highest BCUT2D eigenvalue weighted by molar-refractivity contribution is 6.01. The molecular formula is C67H91N15O12. The molecule has 506 valence electrons. The van der Waals surface area contributed by atoms with E-state index < -0.39 is 156 Å². The number of primary amides is 2. The van der Waals surface area contributed by atoms with Crippen LogP contribution in [0.5, 0.6) is 0 Å². The molecule has 3 aromatic carbocycles. The first kappa shape index (κ1) is 71.8. The molecule has 0 aliphatic carbocycles. The summed E-state index contributed by atoms with van der Waals surface area (Å²) in [5.41, 5.74) is 20.4. The van der Waals surface area contributed by atoms with Crippen LogP contribution >= 0.6 is 0 Å². The summed E-state index contributed by atoms with van der Waals surface area (Å²) in [5, 5.41) is 26.0. The number of nitrogens with zero attached hydrogens (tertiary/aromatic N) is 1. The highest BCUT2D eigenvalue weighted by Crippen LogP contribution is 2.24. The Morgan fingerprint density at radius 2 is 0.915 bits per heavy atom. The smallest absolute Gasteiger partial charge is 0.246 e. The van der Waals surface area contributed by atoms with Gasteiger partial charge in [0.1, 0.15) is 60.4 Å². The standard InChI is InChI=1S/C67H91N15O12/c1-36(2)28-48-61(88)80-53(30-39-16-8-7-9-17-39)67(94)82-27-15-23-54(82)65(92)79-49(29-37(3)4)60(87)77-50(31-40-34-71-44-20-12-10-18-42(40)44)62(89)78-52(33-56(70)84)63(90)73-47(24-25-55(69)83)59(86)76-51(32-41-35-72-45-21-13-11-19-43(41)45)64(91)81-57(38(5)6)66(93)74-46(22-14-26-68)58(85)75-48/h7-13,16-21,34-38,46-54,57,71-72H,14-15,22-33,68H2,1-6H3,(H2,69,83)(H2,70,84)(H,73,90)(H,74,93)(H,75,85)(H,76,86)(H,77,87)(H,78,89)(H,79,92)(H,80,88)(H,81,91)/t46-,47+,48+,49+,50+,51+,52-,53-,54+,57-/m0/s1. The Hall–Kier alpha value is -9.66. The van der Waals surface area contributed by atoms with Gasteiger partial charge in [-0.2, -0.15) is 0 Å². The summed E-state index contributed by atoms with van der Waals surface area (Å²) in [7, 11) is 0. The first-order chi connectivity index (χ1) is 44.8. The van der Waals surface area contributed by atoms with Gasteiger partial charge in [-0.25, -0.2) is 0 Å². The fourth-order valence-corrected chi connectivity index (χ4v) is 11.9. The highest BCUT2D eigenvalue weighted by atomic mass is 16.2. The van der Waals surface area contributed by atoms with Crippen LogP contribution in [0.25, 0.3) is 21.8 Å². The zero-order valence-electron chi connectivity index (χ0n) is 54.1. The van der Waals surface area contributed by atoms with Crippen molar-refractivity contribution in [1.82, 2.24) is 62.7 Å². The highest BCUT2D eigenvalue weighted by Gasteiger charge is 2.42. The number of rotatable bonds is 19. The van der Waals surface area contributed by atoms with Gasteiger partial charge in [0.05, 0.1) is 6.42 Å². The Bertz CT molecular complexity index is 3530. The lowest BCUT2D eigenvalue weighted by Gasteiger charge is -2.32. The molecule has 4 heterocycles. The number of hydrogen-bond donors (Lipinski definition) is 14. The Kier molecular flexibility index (Phi) is 25.8. The van der Waals surface area contributed by atoms with Gasteiger partial charge < -0.3 is 79.9 Å². The van der Waals surface area contributed by atoms with E-state index in [-0.39, 0.29) is 76.3 Å². The fourth-order valence-electron chi connectivity index (χ4n) is 11.9. The van der Waals surface area contributed by atoms with Crippen molar-refractivity contribution in [3.05, 3.63) is 108 Å². The van der Waals surface area contributed by atoms with Gasteiger partial charge in [0, 0.05) is 66.4 Å². The number of nitrogens with one attached hydrogen (secondary N) is 11. The quantitative estimate of drug-likeness (QED) is 0.0542. The average Bonchev–Trinajstić information content (AvgIpc) is 1.64. The van der Waals surface area contributed by atoms with E-state index in [0.717, 1.165) is 0 Å². The average molecular weight is 1300 g/mol. The summed E-state index contributed by atoms with van der Waals surface area (Å²) < 4.78 is 0. The van der Waals surface area contributed by atoms with Crippen molar-refractivity contribution in [2.45, 2.75) is 179 Å². The molecule has 12 amide bonds. The molecule has 17 N–H and O–H groups in total. The maximum Gasteiger partial charge on any atom is 0.246 e. The van der Waals surface area contributed by atoms with Gasteiger partial charge in [0.15, 0.2) is 0 Å². The Balaban J connectivity index is 1.32. The molecule has 5 aromatic rings. The third-order valence-corrected chi connectivity index (χ3v) is 16.8. The molecule has 27 heteroatoms. The number of amides is 12. The van der Waals surface area contributed by atoms with E-state index in [1.165, 1.54) is 4.90 Å². The van der Waals surface area contributed by atoms with Gasteiger partial charge in [-0.3, -0.25) is 57.5 Å². The minimum Gasteiger partial charge on any atom is -0.370 e. The van der Waals surface area contributed by atoms with Gasteiger partial charge in [0.2, 0.25) is 70.9 Å². The number of aromatic nitrogens is 2. The second kappa shape index (κ2) is 33.8. The van der Waals surface area contributed by atoms with Crippen molar-refractivity contribution < 1.29 is 57.5 Å². The van der Waals surface area contributed by atoms with Gasteiger partial charge >= 0.3 is 0 Å². The van der Waals surface area contributed by atoms with Gasteiger partial charge in [-0.15, -0.1) is 0 Å². The number of carbonyl (C=O) groups excluding carboxylic acids is 12. The number of hydrogen-bond acceptors (Lipinski definition) is 13. The Morgan fingerprint density at radius 1 is 0.479 bits per heavy atom. The number of fused-ring (bicyclic) bond motifs is 3. The summed E-state index contributed by atoms with van der Waals surface area (Å²) in [4.78, 5) is 181. The lowest BCUT2D eigenvalue weighted by molar-refractivity contribution is -0.142. The van der Waals surface area contributed by atoms with E-state index in [4.69, 9.17) is 17.2 Å². The summed E-state index contributed by atoms with van der Waals surface area (Å²) >= 11 is 0. The van der Waals surface area contributed by atoms with Crippen LogP contribution in [0.3, 0.4) is 0 Å². The number of nitrogens with two attached hydrogens (primary N) is 3. The van der Waals surface area contributed by atoms with Crippen LogP contribution in [-0.4, -0.2) is 159 Å². The summed E-state index contributed by atoms with van der Waals surface area (Å²) in [6, 6.07) is 8.85. The van der Waals surface area contributed by atoms with Crippen LogP contribution in [0.15, 0.2) is 91.3 Å². The molecule has 0 unspecified atom stereocenters. The second-order valence-corrected chi connectivity index (χ2v) is 25.6. The number of H-pyrrole nitrogens is 2. The lowest BCUT2D eigenvalue weighted by Crippen LogP contribution is -2.62. The van der Waals surface area contributed by atoms with E-state index in [1.54, 1.807) is 105 Å². The van der Waals surface area contributed by atoms with Crippen LogP contribution < -0.4 is 65.1 Å². The molecule has 7 rings (SSSR count). The predicted molar refractivity (Wildman–Crippen MR) is 351 cm³/mol. The largest absolute Gasteiger partial charge is 0.370 e. The van der Waals surface area contributed by atoms with Crippen molar-refractivity contribution in [3.63, 3.8) is 0 Å². The molecule has 0 saturated carbocycles. The molecule has 10 atom stereocenters. The zero-order valence-corrected chi connectivity index (χ0v) is 54.1. The molecule has 2 fully saturated rings. The first-order valence-corrected chi connectivity index (χ1v) is 32.2. The lowest BCUT2D eigenvalue weighted by atomic mass is 9.98. The van der Waals surface area contributed by atoms with Crippen LogP contribution in [-0.2, 0) is 76.8 Å². The van der Waals surface area contributed by atoms with Gasteiger partial charge in [-0.1, -0.05) is 108 Å². The first-order valence-electron chi connectivity index (χ1n) is 32.2. The molecule has 2 aromatic heterocycles. The fraction of sp³-hybridized carbons (Fsp3) is 0.493. The number of aromatic amines is 2. The topological polar surface area (TPSA) is 426 Å².